The largest absolute Gasteiger partial charge is 0.507 e. The standard InChI is InChI=1S/C11H17NO4/c1-12(2,3)6-11(16)7-4-9(14)10(15)5-8(7)13/h4-5,11,16H,6H2,1-3H3,(H2-,13,14,15)/p+1. The quantitative estimate of drug-likeness (QED) is 0.346. The Hall–Kier alpha value is -1.46. The number of phenols is 3. The van der Waals surface area contributed by atoms with Gasteiger partial charge >= 0.3 is 0 Å². The zero-order valence-electron chi connectivity index (χ0n) is 9.68. The lowest BCUT2D eigenvalue weighted by atomic mass is 10.1. The van der Waals surface area contributed by atoms with Crippen LogP contribution in [-0.4, -0.2) is 52.6 Å². The zero-order chi connectivity index (χ0) is 12.5. The number of likely N-dealkylation sites (N-methyl/N-ethyl adjacent to an activating group) is 1. The first kappa shape index (κ1) is 12.6. The van der Waals surface area contributed by atoms with E-state index < -0.39 is 11.9 Å². The fraction of sp³-hybridized carbons (Fsp3) is 0.455. The number of nitrogens with zero attached hydrogens (tertiary/aromatic N) is 1. The second-order valence-corrected chi connectivity index (χ2v) is 4.89. The predicted molar refractivity (Wildman–Crippen MR) is 59.3 cm³/mol. The van der Waals surface area contributed by atoms with Crippen molar-refractivity contribution in [2.24, 2.45) is 0 Å². The Bertz CT molecular complexity index is 384. The molecular weight excluding hydrogens is 210 g/mol. The number of aliphatic hydroxyl groups is 1. The highest BCUT2D eigenvalue weighted by Gasteiger charge is 2.21. The molecule has 0 bridgehead atoms. The number of hydrogen-bond acceptors (Lipinski definition) is 4. The smallest absolute Gasteiger partial charge is 0.161 e. The Balaban J connectivity index is 3.00. The van der Waals surface area contributed by atoms with E-state index >= 15 is 0 Å². The molecule has 1 rings (SSSR count). The summed E-state index contributed by atoms with van der Waals surface area (Å²) >= 11 is 0. The molecule has 5 heteroatoms. The highest BCUT2D eigenvalue weighted by atomic mass is 16.3. The minimum absolute atomic E-state index is 0.211. The molecule has 0 radical (unpaired) electrons. The molecule has 0 saturated carbocycles. The Morgan fingerprint density at radius 3 is 2.00 bits per heavy atom. The Kier molecular flexibility index (Phi) is 3.30. The molecule has 1 aromatic rings. The molecule has 1 atom stereocenters. The van der Waals surface area contributed by atoms with E-state index in [0.29, 0.717) is 11.0 Å². The van der Waals surface area contributed by atoms with Gasteiger partial charge in [0.2, 0.25) is 0 Å². The van der Waals surface area contributed by atoms with Gasteiger partial charge in [-0.15, -0.1) is 0 Å². The van der Waals surface area contributed by atoms with Gasteiger partial charge in [-0.1, -0.05) is 0 Å². The van der Waals surface area contributed by atoms with Crippen LogP contribution >= 0.6 is 0 Å². The van der Waals surface area contributed by atoms with E-state index in [2.05, 4.69) is 0 Å². The van der Waals surface area contributed by atoms with Gasteiger partial charge in [-0.3, -0.25) is 0 Å². The minimum Gasteiger partial charge on any atom is -0.507 e. The van der Waals surface area contributed by atoms with Crippen LogP contribution in [0.3, 0.4) is 0 Å². The molecule has 0 aliphatic carbocycles. The van der Waals surface area contributed by atoms with Crippen LogP contribution in [0, 0.1) is 0 Å². The summed E-state index contributed by atoms with van der Waals surface area (Å²) in [6, 6.07) is 2.19. The number of rotatable bonds is 3. The van der Waals surface area contributed by atoms with Crippen molar-refractivity contribution in [3.8, 4) is 17.2 Å². The van der Waals surface area contributed by atoms with E-state index in [-0.39, 0.29) is 17.1 Å². The van der Waals surface area contributed by atoms with Gasteiger partial charge in [0.1, 0.15) is 18.4 Å². The summed E-state index contributed by atoms with van der Waals surface area (Å²) in [4.78, 5) is 0. The molecule has 16 heavy (non-hydrogen) atoms. The molecule has 90 valence electrons. The van der Waals surface area contributed by atoms with Gasteiger partial charge < -0.3 is 24.9 Å². The Morgan fingerprint density at radius 1 is 1.00 bits per heavy atom. The molecule has 5 nitrogen and oxygen atoms in total. The van der Waals surface area contributed by atoms with Gasteiger partial charge in [0, 0.05) is 11.6 Å². The average molecular weight is 228 g/mol. The third-order valence-electron chi connectivity index (χ3n) is 2.20. The number of phenolic OH excluding ortho intramolecular Hbond substituents is 3. The average Bonchev–Trinajstić information content (AvgIpc) is 2.08. The van der Waals surface area contributed by atoms with E-state index in [1.165, 1.54) is 6.07 Å². The van der Waals surface area contributed by atoms with Crippen LogP contribution < -0.4 is 0 Å². The first-order chi connectivity index (χ1) is 7.20. The van der Waals surface area contributed by atoms with Gasteiger partial charge in [-0.05, 0) is 6.07 Å². The second kappa shape index (κ2) is 4.19. The molecule has 0 aliphatic heterocycles. The van der Waals surface area contributed by atoms with E-state index in [0.717, 1.165) is 6.07 Å². The molecular formula is C11H18NO4+. The van der Waals surface area contributed by atoms with Crippen molar-refractivity contribution < 1.29 is 24.9 Å². The first-order valence-corrected chi connectivity index (χ1v) is 4.94. The van der Waals surface area contributed by atoms with Gasteiger partial charge in [-0.2, -0.15) is 0 Å². The van der Waals surface area contributed by atoms with E-state index in [4.69, 9.17) is 5.11 Å². The maximum Gasteiger partial charge on any atom is 0.161 e. The molecule has 0 aliphatic rings. The minimum atomic E-state index is -0.897. The second-order valence-electron chi connectivity index (χ2n) is 4.89. The number of hydrogen-bond donors (Lipinski definition) is 4. The lowest BCUT2D eigenvalue weighted by molar-refractivity contribution is -0.874. The maximum absolute atomic E-state index is 9.88. The summed E-state index contributed by atoms with van der Waals surface area (Å²) in [5.74, 6) is -0.983. The molecule has 0 aromatic heterocycles. The molecule has 0 heterocycles. The molecule has 0 fully saturated rings. The maximum atomic E-state index is 9.88. The fourth-order valence-corrected chi connectivity index (χ4v) is 1.47. The lowest BCUT2D eigenvalue weighted by Gasteiger charge is -2.27. The fourth-order valence-electron chi connectivity index (χ4n) is 1.47. The van der Waals surface area contributed by atoms with Crippen LogP contribution in [0.15, 0.2) is 12.1 Å². The van der Waals surface area contributed by atoms with Gasteiger partial charge in [0.25, 0.3) is 0 Å². The summed E-state index contributed by atoms with van der Waals surface area (Å²) in [5.41, 5.74) is 0.211. The van der Waals surface area contributed by atoms with Crippen LogP contribution in [0.25, 0.3) is 0 Å². The van der Waals surface area contributed by atoms with Gasteiger partial charge in [0.05, 0.1) is 21.1 Å². The molecule has 0 amide bonds. The molecule has 4 N–H and O–H groups in total. The van der Waals surface area contributed by atoms with Crippen molar-refractivity contribution in [2.45, 2.75) is 6.10 Å². The molecule has 0 spiro atoms. The summed E-state index contributed by atoms with van der Waals surface area (Å²) in [6.45, 7) is 0.387. The van der Waals surface area contributed by atoms with Crippen LogP contribution in [-0.2, 0) is 0 Å². The van der Waals surface area contributed by atoms with E-state index in [1.54, 1.807) is 0 Å². The number of quaternary nitrogens is 1. The lowest BCUT2D eigenvalue weighted by Crippen LogP contribution is -2.38. The van der Waals surface area contributed by atoms with Crippen molar-refractivity contribution in [3.63, 3.8) is 0 Å². The van der Waals surface area contributed by atoms with Gasteiger partial charge in [-0.25, -0.2) is 0 Å². The van der Waals surface area contributed by atoms with Crippen molar-refractivity contribution in [2.75, 3.05) is 27.7 Å². The Labute approximate surface area is 94.4 Å². The van der Waals surface area contributed by atoms with Crippen LogP contribution in [0.1, 0.15) is 11.7 Å². The van der Waals surface area contributed by atoms with Crippen molar-refractivity contribution >= 4 is 0 Å². The van der Waals surface area contributed by atoms with Crippen molar-refractivity contribution in [1.29, 1.82) is 0 Å². The van der Waals surface area contributed by atoms with Crippen LogP contribution in [0.2, 0.25) is 0 Å². The summed E-state index contributed by atoms with van der Waals surface area (Å²) < 4.78 is 0.516. The summed E-state index contributed by atoms with van der Waals surface area (Å²) in [7, 11) is 5.71. The van der Waals surface area contributed by atoms with E-state index in [1.807, 2.05) is 21.1 Å². The molecule has 1 unspecified atom stereocenters. The number of benzene rings is 1. The molecule has 1 aromatic carbocycles. The highest BCUT2D eigenvalue weighted by molar-refractivity contribution is 5.49. The predicted octanol–water partition coefficient (Wildman–Crippen LogP) is 0.543. The highest BCUT2D eigenvalue weighted by Crippen LogP contribution is 2.35. The van der Waals surface area contributed by atoms with Crippen molar-refractivity contribution in [3.05, 3.63) is 17.7 Å². The topological polar surface area (TPSA) is 80.9 Å². The third-order valence-corrected chi connectivity index (χ3v) is 2.20. The van der Waals surface area contributed by atoms with Crippen LogP contribution in [0.5, 0.6) is 17.2 Å². The number of aliphatic hydroxyl groups excluding tert-OH is 1. The third kappa shape index (κ3) is 3.01. The summed E-state index contributed by atoms with van der Waals surface area (Å²) in [6.07, 6.45) is -0.897. The van der Waals surface area contributed by atoms with Crippen LogP contribution in [0.4, 0.5) is 0 Å². The van der Waals surface area contributed by atoms with E-state index in [9.17, 15) is 15.3 Å². The van der Waals surface area contributed by atoms with Crippen molar-refractivity contribution in [1.82, 2.24) is 0 Å². The Morgan fingerprint density at radius 2 is 1.50 bits per heavy atom. The number of aromatic hydroxyl groups is 3. The first-order valence-electron chi connectivity index (χ1n) is 4.94. The molecule has 0 saturated heterocycles. The SMILES string of the molecule is C[N+](C)(C)CC(O)c1cc(O)c(O)cc1O. The summed E-state index contributed by atoms with van der Waals surface area (Å²) in [5, 5.41) is 37.9. The van der Waals surface area contributed by atoms with Gasteiger partial charge in [0.15, 0.2) is 11.5 Å². The zero-order valence-corrected chi connectivity index (χ0v) is 9.68. The normalized spacial score (nSPS) is 13.8. The monoisotopic (exact) mass is 228 g/mol.